The van der Waals surface area contributed by atoms with E-state index in [4.69, 9.17) is 0 Å². The van der Waals surface area contributed by atoms with Crippen LogP contribution in [0.1, 0.15) is 37.2 Å². The van der Waals surface area contributed by atoms with Gasteiger partial charge in [0, 0.05) is 19.2 Å². The number of hydrogen-bond donors (Lipinski definition) is 0. The molecular weight excluding hydrogens is 274 g/mol. The highest BCUT2D eigenvalue weighted by molar-refractivity contribution is 5.88. The smallest absolute Gasteiger partial charge is 0.356 e. The van der Waals surface area contributed by atoms with Crippen molar-refractivity contribution in [2.45, 2.75) is 26.7 Å². The molecule has 0 aromatic carbocycles. The molecule has 1 aliphatic heterocycles. The predicted molar refractivity (Wildman–Crippen MR) is 77.5 cm³/mol. The zero-order valence-corrected chi connectivity index (χ0v) is 12.5. The lowest BCUT2D eigenvalue weighted by atomic mass is 9.84. The van der Waals surface area contributed by atoms with E-state index in [9.17, 15) is 14.9 Å². The standard InChI is InChI=1S/C14H19N3O4/c1-14(2)7-4-8-16(9-14)12-11(17(19)20)6-5-10(15-12)13(18)21-3/h5-6H,4,7-9H2,1-3H3. The van der Waals surface area contributed by atoms with Gasteiger partial charge in [-0.25, -0.2) is 9.78 Å². The molecule has 0 N–H and O–H groups in total. The monoisotopic (exact) mass is 293 g/mol. The number of carbonyl (C=O) groups excluding carboxylic acids is 1. The molecule has 1 saturated heterocycles. The fourth-order valence-corrected chi connectivity index (χ4v) is 2.64. The van der Waals surface area contributed by atoms with Gasteiger partial charge in [0.1, 0.15) is 0 Å². The minimum absolute atomic E-state index is 0.0646. The summed E-state index contributed by atoms with van der Waals surface area (Å²) < 4.78 is 4.63. The Morgan fingerprint density at radius 3 is 2.76 bits per heavy atom. The van der Waals surface area contributed by atoms with Gasteiger partial charge >= 0.3 is 11.7 Å². The van der Waals surface area contributed by atoms with Gasteiger partial charge in [-0.3, -0.25) is 10.1 Å². The maximum Gasteiger partial charge on any atom is 0.356 e. The third kappa shape index (κ3) is 3.29. The van der Waals surface area contributed by atoms with Crippen molar-refractivity contribution >= 4 is 17.5 Å². The third-order valence-corrected chi connectivity index (χ3v) is 3.65. The second-order valence-corrected chi connectivity index (χ2v) is 5.98. The summed E-state index contributed by atoms with van der Waals surface area (Å²) >= 11 is 0. The predicted octanol–water partition coefficient (Wildman–Crippen LogP) is 2.40. The van der Waals surface area contributed by atoms with Crippen LogP contribution in [0.3, 0.4) is 0 Å². The number of esters is 1. The van der Waals surface area contributed by atoms with E-state index in [-0.39, 0.29) is 22.6 Å². The molecule has 0 spiro atoms. The summed E-state index contributed by atoms with van der Waals surface area (Å²) in [5.74, 6) is -0.349. The Morgan fingerprint density at radius 2 is 2.19 bits per heavy atom. The number of hydrogen-bond acceptors (Lipinski definition) is 6. The zero-order chi connectivity index (χ0) is 15.6. The molecule has 114 valence electrons. The number of ether oxygens (including phenoxy) is 1. The van der Waals surface area contributed by atoms with Crippen LogP contribution in [0.4, 0.5) is 11.5 Å². The van der Waals surface area contributed by atoms with Crippen molar-refractivity contribution in [1.29, 1.82) is 0 Å². The number of rotatable bonds is 3. The van der Waals surface area contributed by atoms with Gasteiger partial charge in [-0.05, 0) is 24.3 Å². The maximum atomic E-state index is 11.6. The largest absolute Gasteiger partial charge is 0.464 e. The van der Waals surface area contributed by atoms with Crippen molar-refractivity contribution < 1.29 is 14.5 Å². The number of carbonyl (C=O) groups is 1. The molecule has 0 unspecified atom stereocenters. The molecular formula is C14H19N3O4. The molecule has 0 aliphatic carbocycles. The van der Waals surface area contributed by atoms with Gasteiger partial charge in [-0.15, -0.1) is 0 Å². The molecule has 1 aliphatic rings. The zero-order valence-electron chi connectivity index (χ0n) is 12.5. The van der Waals surface area contributed by atoms with E-state index >= 15 is 0 Å². The molecule has 0 radical (unpaired) electrons. The number of aromatic nitrogens is 1. The van der Waals surface area contributed by atoms with Gasteiger partial charge < -0.3 is 9.64 Å². The fourth-order valence-electron chi connectivity index (χ4n) is 2.64. The molecule has 0 amide bonds. The van der Waals surface area contributed by atoms with Gasteiger partial charge in [0.2, 0.25) is 5.82 Å². The quantitative estimate of drug-likeness (QED) is 0.483. The molecule has 1 aromatic rings. The molecule has 1 aromatic heterocycles. The third-order valence-electron chi connectivity index (χ3n) is 3.65. The number of anilines is 1. The molecule has 2 heterocycles. The van der Waals surface area contributed by atoms with Crippen LogP contribution in [-0.2, 0) is 4.74 Å². The topological polar surface area (TPSA) is 85.6 Å². The SMILES string of the molecule is COC(=O)c1ccc([N+](=O)[O-])c(N2CCCC(C)(C)C2)n1. The van der Waals surface area contributed by atoms with Crippen LogP contribution in [0.15, 0.2) is 12.1 Å². The van der Waals surface area contributed by atoms with Crippen LogP contribution in [0.2, 0.25) is 0 Å². The molecule has 21 heavy (non-hydrogen) atoms. The van der Waals surface area contributed by atoms with Crippen LogP contribution in [-0.4, -0.2) is 36.1 Å². The molecule has 0 atom stereocenters. The van der Waals surface area contributed by atoms with E-state index in [0.29, 0.717) is 13.1 Å². The van der Waals surface area contributed by atoms with Gasteiger partial charge in [0.25, 0.3) is 0 Å². The van der Waals surface area contributed by atoms with Gasteiger partial charge in [0.05, 0.1) is 12.0 Å². The molecule has 2 rings (SSSR count). The van der Waals surface area contributed by atoms with Crippen molar-refractivity contribution in [3.05, 3.63) is 27.9 Å². The Hall–Kier alpha value is -2.18. The summed E-state index contributed by atoms with van der Waals surface area (Å²) in [6, 6.07) is 2.64. The number of pyridine rings is 1. The number of piperidine rings is 1. The van der Waals surface area contributed by atoms with Gasteiger partial charge in [-0.2, -0.15) is 0 Å². The Morgan fingerprint density at radius 1 is 1.48 bits per heavy atom. The molecule has 0 saturated carbocycles. The Balaban J connectivity index is 2.43. The Bertz CT molecular complexity index is 571. The van der Waals surface area contributed by atoms with Crippen molar-refractivity contribution in [3.63, 3.8) is 0 Å². The van der Waals surface area contributed by atoms with Crippen LogP contribution in [0, 0.1) is 15.5 Å². The molecule has 7 nitrogen and oxygen atoms in total. The highest BCUT2D eigenvalue weighted by atomic mass is 16.6. The average Bonchev–Trinajstić information content (AvgIpc) is 2.44. The summed E-state index contributed by atoms with van der Waals surface area (Å²) in [5, 5.41) is 11.2. The molecule has 7 heteroatoms. The average molecular weight is 293 g/mol. The minimum Gasteiger partial charge on any atom is -0.464 e. The van der Waals surface area contributed by atoms with Crippen LogP contribution in [0.5, 0.6) is 0 Å². The Labute approximate surface area is 123 Å². The Kier molecular flexibility index (Phi) is 4.11. The van der Waals surface area contributed by atoms with Gasteiger partial charge in [0.15, 0.2) is 5.69 Å². The number of nitro groups is 1. The highest BCUT2D eigenvalue weighted by Gasteiger charge is 2.31. The molecule has 1 fully saturated rings. The van der Waals surface area contributed by atoms with Crippen molar-refractivity contribution in [2.24, 2.45) is 5.41 Å². The summed E-state index contributed by atoms with van der Waals surface area (Å²) in [7, 11) is 1.26. The van der Waals surface area contributed by atoms with Crippen LogP contribution < -0.4 is 4.90 Å². The summed E-state index contributed by atoms with van der Waals surface area (Å²) in [5.41, 5.74) is 0.0662. The maximum absolute atomic E-state index is 11.6. The van der Waals surface area contributed by atoms with Crippen molar-refractivity contribution in [1.82, 2.24) is 4.98 Å². The van der Waals surface area contributed by atoms with E-state index < -0.39 is 10.9 Å². The van der Waals surface area contributed by atoms with E-state index in [1.807, 2.05) is 4.90 Å². The second kappa shape index (κ2) is 5.67. The lowest BCUT2D eigenvalue weighted by Crippen LogP contribution is -2.41. The van der Waals surface area contributed by atoms with Gasteiger partial charge in [-0.1, -0.05) is 13.8 Å². The highest BCUT2D eigenvalue weighted by Crippen LogP contribution is 2.34. The number of nitrogens with zero attached hydrogens (tertiary/aromatic N) is 3. The first-order valence-corrected chi connectivity index (χ1v) is 6.83. The van der Waals surface area contributed by atoms with E-state index in [2.05, 4.69) is 23.6 Å². The number of methoxy groups -OCH3 is 1. The first-order chi connectivity index (χ1) is 9.84. The van der Waals surface area contributed by atoms with E-state index in [1.54, 1.807) is 0 Å². The minimum atomic E-state index is -0.595. The summed E-state index contributed by atoms with van der Waals surface area (Å²) in [6.45, 7) is 5.61. The second-order valence-electron chi connectivity index (χ2n) is 5.98. The summed E-state index contributed by atoms with van der Waals surface area (Å²) in [4.78, 5) is 28.4. The lowest BCUT2D eigenvalue weighted by Gasteiger charge is -2.38. The van der Waals surface area contributed by atoms with Crippen LogP contribution >= 0.6 is 0 Å². The van der Waals surface area contributed by atoms with Crippen molar-refractivity contribution in [2.75, 3.05) is 25.1 Å². The van der Waals surface area contributed by atoms with E-state index in [0.717, 1.165) is 12.8 Å². The molecule has 0 bridgehead atoms. The fraction of sp³-hybridized carbons (Fsp3) is 0.571. The summed E-state index contributed by atoms with van der Waals surface area (Å²) in [6.07, 6.45) is 2.00. The lowest BCUT2D eigenvalue weighted by molar-refractivity contribution is -0.384. The van der Waals surface area contributed by atoms with Crippen LogP contribution in [0.25, 0.3) is 0 Å². The first-order valence-electron chi connectivity index (χ1n) is 6.83. The normalized spacial score (nSPS) is 17.4. The first kappa shape index (κ1) is 15.2. The van der Waals surface area contributed by atoms with Crippen molar-refractivity contribution in [3.8, 4) is 0 Å². The van der Waals surface area contributed by atoms with E-state index in [1.165, 1.54) is 19.2 Å².